The first-order chi connectivity index (χ1) is 15.1. The molecule has 31 heavy (non-hydrogen) atoms. The zero-order valence-corrected chi connectivity index (χ0v) is 17.7. The van der Waals surface area contributed by atoms with Crippen LogP contribution in [0.1, 0.15) is 18.1 Å². The second-order valence-electron chi connectivity index (χ2n) is 8.15. The number of aromatic nitrogens is 1. The summed E-state index contributed by atoms with van der Waals surface area (Å²) >= 11 is 0. The van der Waals surface area contributed by atoms with Crippen LogP contribution in [0, 0.1) is 0 Å². The summed E-state index contributed by atoms with van der Waals surface area (Å²) in [5.41, 5.74) is 11.1. The van der Waals surface area contributed by atoms with Crippen molar-refractivity contribution in [2.24, 2.45) is 10.7 Å². The molecule has 2 aliphatic rings. The molecule has 0 bridgehead atoms. The molecule has 2 aliphatic heterocycles. The Labute approximate surface area is 182 Å². The fraction of sp³-hybridized carbons (Fsp3) is 0.292. The fourth-order valence-corrected chi connectivity index (χ4v) is 4.19. The number of ether oxygens (including phenoxy) is 1. The molecule has 0 saturated carbocycles. The molecule has 7 heteroatoms. The maximum absolute atomic E-state index is 6.86. The summed E-state index contributed by atoms with van der Waals surface area (Å²) < 4.78 is 5.43. The van der Waals surface area contributed by atoms with E-state index in [2.05, 4.69) is 44.8 Å². The summed E-state index contributed by atoms with van der Waals surface area (Å²) in [6, 6.07) is 16.6. The van der Waals surface area contributed by atoms with E-state index in [1.54, 1.807) is 0 Å². The molecular weight excluding hydrogens is 388 g/mol. The highest BCUT2D eigenvalue weighted by molar-refractivity contribution is 5.96. The number of morpholine rings is 1. The lowest BCUT2D eigenvalue weighted by Crippen LogP contribution is -2.44. The fourth-order valence-electron chi connectivity index (χ4n) is 4.19. The molecule has 1 saturated heterocycles. The van der Waals surface area contributed by atoms with Gasteiger partial charge in [-0.05, 0) is 42.3 Å². The maximum atomic E-state index is 6.86. The van der Waals surface area contributed by atoms with Crippen LogP contribution < -0.4 is 16.4 Å². The van der Waals surface area contributed by atoms with E-state index < -0.39 is 5.66 Å². The van der Waals surface area contributed by atoms with Gasteiger partial charge in [-0.3, -0.25) is 10.6 Å². The van der Waals surface area contributed by atoms with E-state index in [1.807, 2.05) is 43.6 Å². The third-order valence-corrected chi connectivity index (χ3v) is 6.05. The average Bonchev–Trinajstić information content (AvgIpc) is 3.27. The number of aliphatic imine (C=N–C) groups is 1. The molecule has 5 rings (SSSR count). The summed E-state index contributed by atoms with van der Waals surface area (Å²) in [5.74, 6) is 0.626. The molecule has 5 N–H and O–H groups in total. The normalized spacial score (nSPS) is 22.0. The van der Waals surface area contributed by atoms with Gasteiger partial charge in [0.05, 0.1) is 13.2 Å². The van der Waals surface area contributed by atoms with E-state index in [1.165, 1.54) is 5.56 Å². The molecule has 1 unspecified atom stereocenters. The van der Waals surface area contributed by atoms with E-state index in [4.69, 9.17) is 15.5 Å². The van der Waals surface area contributed by atoms with Gasteiger partial charge in [-0.15, -0.1) is 0 Å². The number of fused-ring (bicyclic) bond motifs is 1. The van der Waals surface area contributed by atoms with Crippen molar-refractivity contribution in [3.63, 3.8) is 0 Å². The number of rotatable bonds is 4. The summed E-state index contributed by atoms with van der Waals surface area (Å²) in [4.78, 5) is 10.5. The van der Waals surface area contributed by atoms with Crippen molar-refractivity contribution in [3.05, 3.63) is 77.6 Å². The number of hydrogen-bond acceptors (Lipinski definition) is 6. The van der Waals surface area contributed by atoms with Crippen LogP contribution in [0.3, 0.4) is 0 Å². The predicted octanol–water partition coefficient (Wildman–Crippen LogP) is 3.09. The van der Waals surface area contributed by atoms with Gasteiger partial charge in [0.15, 0.2) is 5.66 Å². The van der Waals surface area contributed by atoms with E-state index in [0.717, 1.165) is 60.6 Å². The van der Waals surface area contributed by atoms with Gasteiger partial charge in [0.2, 0.25) is 5.96 Å². The van der Waals surface area contributed by atoms with Gasteiger partial charge in [0.1, 0.15) is 0 Å². The van der Waals surface area contributed by atoms with Crippen molar-refractivity contribution in [1.82, 2.24) is 15.2 Å². The number of guanidine groups is 1. The van der Waals surface area contributed by atoms with Crippen molar-refractivity contribution < 1.29 is 4.74 Å². The van der Waals surface area contributed by atoms with Crippen LogP contribution in [-0.4, -0.2) is 42.1 Å². The Morgan fingerprint density at radius 2 is 1.94 bits per heavy atom. The molecule has 0 radical (unpaired) electrons. The molecule has 0 spiro atoms. The van der Waals surface area contributed by atoms with Crippen molar-refractivity contribution in [2.45, 2.75) is 19.1 Å². The highest BCUT2D eigenvalue weighted by atomic mass is 16.5. The molecule has 7 nitrogen and oxygen atoms in total. The third-order valence-electron chi connectivity index (χ3n) is 6.05. The molecule has 1 fully saturated rings. The Balaban J connectivity index is 1.35. The molecule has 0 aliphatic carbocycles. The Morgan fingerprint density at radius 3 is 2.74 bits per heavy atom. The molecule has 1 aromatic heterocycles. The van der Waals surface area contributed by atoms with Crippen LogP contribution in [0.2, 0.25) is 0 Å². The van der Waals surface area contributed by atoms with Crippen LogP contribution >= 0.6 is 0 Å². The Bertz CT molecular complexity index is 1130. The number of nitrogens with zero attached hydrogens (tertiary/aromatic N) is 2. The first kappa shape index (κ1) is 19.8. The highest BCUT2D eigenvalue weighted by Gasteiger charge is 2.33. The molecule has 2 aromatic carbocycles. The van der Waals surface area contributed by atoms with Crippen molar-refractivity contribution in [1.29, 1.82) is 0 Å². The van der Waals surface area contributed by atoms with Crippen molar-refractivity contribution in [2.75, 3.05) is 31.6 Å². The minimum Gasteiger partial charge on any atom is -0.379 e. The maximum Gasteiger partial charge on any atom is 0.202 e. The van der Waals surface area contributed by atoms with Crippen LogP contribution in [0.15, 0.2) is 71.5 Å². The summed E-state index contributed by atoms with van der Waals surface area (Å²) in [5, 5.41) is 7.68. The van der Waals surface area contributed by atoms with Crippen LogP contribution in [0.4, 0.5) is 5.69 Å². The van der Waals surface area contributed by atoms with Gasteiger partial charge in [-0.1, -0.05) is 24.3 Å². The topological polar surface area (TPSA) is 90.7 Å². The largest absolute Gasteiger partial charge is 0.379 e. The minimum absolute atomic E-state index is 0.626. The Kier molecular flexibility index (Phi) is 5.23. The molecule has 160 valence electrons. The summed E-state index contributed by atoms with van der Waals surface area (Å²) in [6.45, 7) is 6.54. The van der Waals surface area contributed by atoms with Gasteiger partial charge < -0.3 is 20.4 Å². The highest BCUT2D eigenvalue weighted by Crippen LogP contribution is 2.34. The van der Waals surface area contributed by atoms with Gasteiger partial charge in [-0.2, -0.15) is 0 Å². The Morgan fingerprint density at radius 1 is 1.13 bits per heavy atom. The number of nitrogens with one attached hydrogen (secondary N) is 3. The van der Waals surface area contributed by atoms with Crippen molar-refractivity contribution >= 4 is 22.5 Å². The number of hydrogen-bond donors (Lipinski definition) is 4. The third kappa shape index (κ3) is 3.95. The lowest BCUT2D eigenvalue weighted by molar-refractivity contribution is 0.0342. The zero-order valence-electron chi connectivity index (χ0n) is 17.7. The van der Waals surface area contributed by atoms with E-state index in [9.17, 15) is 0 Å². The number of nitrogens with two attached hydrogens (primary N) is 1. The smallest absolute Gasteiger partial charge is 0.202 e. The number of anilines is 1. The SMILES string of the molecule is CC1=CNC(Nc2ccc(CN3CCOCC3)cc2)=NC1(N)c1cccc2[nH]ccc12. The van der Waals surface area contributed by atoms with Crippen LogP contribution in [0.25, 0.3) is 10.9 Å². The summed E-state index contributed by atoms with van der Waals surface area (Å²) in [6.07, 6.45) is 3.85. The van der Waals surface area contributed by atoms with Crippen molar-refractivity contribution in [3.8, 4) is 0 Å². The predicted molar refractivity (Wildman–Crippen MR) is 125 cm³/mol. The minimum atomic E-state index is -0.939. The summed E-state index contributed by atoms with van der Waals surface area (Å²) in [7, 11) is 0. The quantitative estimate of drug-likeness (QED) is 0.525. The van der Waals surface area contributed by atoms with E-state index in [0.29, 0.717) is 5.96 Å². The Hall–Kier alpha value is -3.13. The second-order valence-corrected chi connectivity index (χ2v) is 8.15. The van der Waals surface area contributed by atoms with Gasteiger partial charge in [0, 0.05) is 54.2 Å². The van der Waals surface area contributed by atoms with E-state index in [-0.39, 0.29) is 0 Å². The van der Waals surface area contributed by atoms with Crippen LogP contribution in [0.5, 0.6) is 0 Å². The number of H-pyrrole nitrogens is 1. The number of aromatic amines is 1. The first-order valence-electron chi connectivity index (χ1n) is 10.7. The lowest BCUT2D eigenvalue weighted by Gasteiger charge is -2.32. The molecular formula is C24H28N6O. The average molecular weight is 417 g/mol. The lowest BCUT2D eigenvalue weighted by atomic mass is 9.90. The van der Waals surface area contributed by atoms with Gasteiger partial charge in [0.25, 0.3) is 0 Å². The van der Waals surface area contributed by atoms with Gasteiger partial charge >= 0.3 is 0 Å². The van der Waals surface area contributed by atoms with Gasteiger partial charge in [-0.25, -0.2) is 4.99 Å². The first-order valence-corrected chi connectivity index (χ1v) is 10.7. The molecule has 1 atom stereocenters. The molecule has 3 aromatic rings. The monoisotopic (exact) mass is 416 g/mol. The van der Waals surface area contributed by atoms with Crippen LogP contribution in [-0.2, 0) is 16.9 Å². The molecule has 3 heterocycles. The number of benzene rings is 2. The second kappa shape index (κ2) is 8.19. The molecule has 0 amide bonds. The standard InChI is InChI=1S/C24H28N6O/c1-17-15-27-23(29-24(17,25)21-3-2-4-22-20(21)9-10-26-22)28-19-7-5-18(6-8-19)16-30-11-13-31-14-12-30/h2-10,15,26H,11-14,16,25H2,1H3,(H2,27,28,29). The van der Waals surface area contributed by atoms with E-state index >= 15 is 0 Å². The zero-order chi connectivity index (χ0) is 21.3.